The van der Waals surface area contributed by atoms with Crippen LogP contribution in [-0.2, 0) is 9.05 Å². The van der Waals surface area contributed by atoms with Crippen molar-refractivity contribution in [1.82, 2.24) is 5.32 Å². The molecule has 0 fully saturated rings. The highest BCUT2D eigenvalue weighted by Crippen LogP contribution is 2.31. The molecule has 0 spiro atoms. The summed E-state index contributed by atoms with van der Waals surface area (Å²) in [5.74, 6) is -3.73. The van der Waals surface area contributed by atoms with Gasteiger partial charge in [-0.15, -0.1) is 0 Å². The van der Waals surface area contributed by atoms with E-state index in [1.54, 1.807) is 6.92 Å². The van der Waals surface area contributed by atoms with Crippen molar-refractivity contribution in [2.45, 2.75) is 18.2 Å². The number of nitrogens with one attached hydrogen (secondary N) is 1. The van der Waals surface area contributed by atoms with Crippen molar-refractivity contribution in [3.05, 3.63) is 27.7 Å². The van der Waals surface area contributed by atoms with Crippen molar-refractivity contribution < 1.29 is 22.0 Å². The molecule has 0 bridgehead atoms. The summed E-state index contributed by atoms with van der Waals surface area (Å²) >= 11 is 2.69. The summed E-state index contributed by atoms with van der Waals surface area (Å²) < 4.78 is 49.6. The van der Waals surface area contributed by atoms with Gasteiger partial charge >= 0.3 is 0 Å². The Kier molecular flexibility index (Phi) is 5.28. The monoisotopic (exact) mass is 375 g/mol. The van der Waals surface area contributed by atoms with Crippen molar-refractivity contribution >= 4 is 41.6 Å². The second-order valence-electron chi connectivity index (χ2n) is 3.55. The maximum absolute atomic E-state index is 14.0. The Morgan fingerprint density at radius 2 is 2.05 bits per heavy atom. The summed E-state index contributed by atoms with van der Waals surface area (Å²) in [6, 6.07) is 0.680. The summed E-state index contributed by atoms with van der Waals surface area (Å²) in [7, 11) is 0.597. The van der Waals surface area contributed by atoms with E-state index in [2.05, 4.69) is 21.2 Å². The molecule has 0 heterocycles. The highest BCUT2D eigenvalue weighted by molar-refractivity contribution is 9.10. The van der Waals surface area contributed by atoms with Gasteiger partial charge in [0.2, 0.25) is 0 Å². The van der Waals surface area contributed by atoms with E-state index in [0.29, 0.717) is 12.5 Å². The normalized spacial score (nSPS) is 11.4. The minimum Gasteiger partial charge on any atom is -0.352 e. The van der Waals surface area contributed by atoms with Crippen LogP contribution in [0.3, 0.4) is 0 Å². The summed E-state index contributed by atoms with van der Waals surface area (Å²) in [6.45, 7) is 1.96. The number of carbonyl (C=O) groups excluding carboxylic acids is 1. The number of carbonyl (C=O) groups is 1. The molecular formula is C10H9BrClF2NO3S. The molecule has 1 aromatic rings. The number of halogens is 4. The lowest BCUT2D eigenvalue weighted by molar-refractivity contribution is 0.0944. The lowest BCUT2D eigenvalue weighted by Crippen LogP contribution is -2.26. The molecule has 0 saturated heterocycles. The first kappa shape index (κ1) is 16.3. The molecule has 0 aliphatic heterocycles. The first-order valence-electron chi connectivity index (χ1n) is 5.10. The standard InChI is InChI=1S/C10H9BrClF2NO3S/c1-2-3-15-10(16)7-6(13)4-5(11)9(8(7)14)19(12,17)18/h4H,2-3H2,1H3,(H,15,16). The summed E-state index contributed by atoms with van der Waals surface area (Å²) in [6.07, 6.45) is 0.562. The van der Waals surface area contributed by atoms with E-state index in [0.717, 1.165) is 0 Å². The highest BCUT2D eigenvalue weighted by atomic mass is 79.9. The van der Waals surface area contributed by atoms with Gasteiger partial charge in [0.25, 0.3) is 15.0 Å². The Bertz CT molecular complexity index is 622. The Morgan fingerprint density at radius 1 is 1.47 bits per heavy atom. The predicted molar refractivity (Wildman–Crippen MR) is 69.7 cm³/mol. The van der Waals surface area contributed by atoms with Crippen LogP contribution in [0.4, 0.5) is 8.78 Å². The van der Waals surface area contributed by atoms with E-state index < -0.39 is 37.1 Å². The van der Waals surface area contributed by atoms with Gasteiger partial charge in [-0.05, 0) is 28.4 Å². The van der Waals surface area contributed by atoms with Crippen LogP contribution in [0.5, 0.6) is 0 Å². The molecule has 0 aromatic heterocycles. The predicted octanol–water partition coefficient (Wildman–Crippen LogP) is 2.79. The smallest absolute Gasteiger partial charge is 0.265 e. The molecular weight excluding hydrogens is 368 g/mol. The average Bonchev–Trinajstić information content (AvgIpc) is 2.23. The number of hydrogen-bond acceptors (Lipinski definition) is 3. The van der Waals surface area contributed by atoms with Crippen molar-refractivity contribution in [2.24, 2.45) is 0 Å². The van der Waals surface area contributed by atoms with Crippen LogP contribution in [0.25, 0.3) is 0 Å². The van der Waals surface area contributed by atoms with Crippen LogP contribution in [0.2, 0.25) is 0 Å². The van der Waals surface area contributed by atoms with Gasteiger partial charge in [-0.1, -0.05) is 6.92 Å². The molecule has 19 heavy (non-hydrogen) atoms. The van der Waals surface area contributed by atoms with Crippen LogP contribution in [0.1, 0.15) is 23.7 Å². The molecule has 0 aliphatic carbocycles. The Morgan fingerprint density at radius 3 is 2.53 bits per heavy atom. The maximum Gasteiger partial charge on any atom is 0.265 e. The van der Waals surface area contributed by atoms with E-state index in [4.69, 9.17) is 10.7 Å². The third-order valence-electron chi connectivity index (χ3n) is 2.13. The van der Waals surface area contributed by atoms with Gasteiger partial charge in [-0.25, -0.2) is 17.2 Å². The molecule has 1 N–H and O–H groups in total. The van der Waals surface area contributed by atoms with E-state index >= 15 is 0 Å². The third-order valence-corrected chi connectivity index (χ3v) is 4.37. The van der Waals surface area contributed by atoms with Crippen LogP contribution in [0, 0.1) is 11.6 Å². The van der Waals surface area contributed by atoms with Crippen LogP contribution >= 0.6 is 26.6 Å². The van der Waals surface area contributed by atoms with E-state index in [-0.39, 0.29) is 11.0 Å². The lowest BCUT2D eigenvalue weighted by atomic mass is 10.2. The second kappa shape index (κ2) is 6.15. The molecule has 1 amide bonds. The van der Waals surface area contributed by atoms with E-state index in [9.17, 15) is 22.0 Å². The Hall–Kier alpha value is -0.730. The molecule has 0 unspecified atom stereocenters. The molecule has 106 valence electrons. The fourth-order valence-electron chi connectivity index (χ4n) is 1.33. The molecule has 1 rings (SSSR count). The molecule has 1 aromatic carbocycles. The van der Waals surface area contributed by atoms with Crippen molar-refractivity contribution in [2.75, 3.05) is 6.54 Å². The topological polar surface area (TPSA) is 63.2 Å². The maximum atomic E-state index is 14.0. The minimum atomic E-state index is -4.45. The summed E-state index contributed by atoms with van der Waals surface area (Å²) in [4.78, 5) is 10.6. The van der Waals surface area contributed by atoms with Crippen LogP contribution < -0.4 is 5.32 Å². The van der Waals surface area contributed by atoms with Crippen molar-refractivity contribution in [3.8, 4) is 0 Å². The van der Waals surface area contributed by atoms with Crippen LogP contribution in [0.15, 0.2) is 15.4 Å². The van der Waals surface area contributed by atoms with Gasteiger partial charge < -0.3 is 5.32 Å². The zero-order valence-corrected chi connectivity index (χ0v) is 12.8. The molecule has 0 radical (unpaired) electrons. The highest BCUT2D eigenvalue weighted by Gasteiger charge is 2.28. The van der Waals surface area contributed by atoms with Gasteiger partial charge in [0.05, 0.1) is 0 Å². The quantitative estimate of drug-likeness (QED) is 0.822. The number of amides is 1. The fraction of sp³-hybridized carbons (Fsp3) is 0.300. The molecule has 0 atom stereocenters. The van der Waals surface area contributed by atoms with Crippen LogP contribution in [-0.4, -0.2) is 20.9 Å². The van der Waals surface area contributed by atoms with Gasteiger partial charge in [0, 0.05) is 21.7 Å². The number of hydrogen-bond donors (Lipinski definition) is 1. The Labute approximate surface area is 121 Å². The Balaban J connectivity index is 3.46. The van der Waals surface area contributed by atoms with Gasteiger partial charge in [0.15, 0.2) is 5.82 Å². The minimum absolute atomic E-state index is 0.205. The first-order valence-corrected chi connectivity index (χ1v) is 8.20. The number of benzene rings is 1. The van der Waals surface area contributed by atoms with Gasteiger partial charge in [-0.2, -0.15) is 0 Å². The summed E-state index contributed by atoms with van der Waals surface area (Å²) in [5.41, 5.74) is -0.976. The first-order chi connectivity index (χ1) is 8.70. The SMILES string of the molecule is CCCNC(=O)c1c(F)cc(Br)c(S(=O)(=O)Cl)c1F. The van der Waals surface area contributed by atoms with E-state index in [1.165, 1.54) is 0 Å². The third kappa shape index (κ3) is 3.64. The lowest BCUT2D eigenvalue weighted by Gasteiger charge is -2.10. The fourth-order valence-corrected chi connectivity index (χ4v) is 3.69. The molecule has 0 aliphatic rings. The van der Waals surface area contributed by atoms with Gasteiger partial charge in [0.1, 0.15) is 16.3 Å². The molecule has 9 heteroatoms. The van der Waals surface area contributed by atoms with E-state index in [1.807, 2.05) is 0 Å². The van der Waals surface area contributed by atoms with Crippen molar-refractivity contribution in [1.29, 1.82) is 0 Å². The van der Waals surface area contributed by atoms with Crippen molar-refractivity contribution in [3.63, 3.8) is 0 Å². The zero-order valence-electron chi connectivity index (χ0n) is 9.64. The zero-order chi connectivity index (χ0) is 14.8. The van der Waals surface area contributed by atoms with Gasteiger partial charge in [-0.3, -0.25) is 4.79 Å². The number of rotatable bonds is 4. The average molecular weight is 377 g/mol. The summed E-state index contributed by atoms with van der Waals surface area (Å²) in [5, 5.41) is 2.26. The molecule has 0 saturated carbocycles. The largest absolute Gasteiger partial charge is 0.352 e. The molecule has 4 nitrogen and oxygen atoms in total. The second-order valence-corrected chi connectivity index (χ2v) is 6.91.